The molecule has 1 fully saturated rings. The third kappa shape index (κ3) is 2.79. The normalized spacial score (nSPS) is 19.6. The molecule has 1 aliphatic heterocycles. The van der Waals surface area contributed by atoms with E-state index in [0.29, 0.717) is 6.04 Å². The first-order chi connectivity index (χ1) is 9.78. The second-order valence-corrected chi connectivity index (χ2v) is 6.58. The number of nitrogens with zero attached hydrogens (tertiary/aromatic N) is 2. The van der Waals surface area contributed by atoms with Gasteiger partial charge in [-0.1, -0.05) is 13.3 Å². The molecule has 2 aromatic heterocycles. The predicted octanol–water partition coefficient (Wildman–Crippen LogP) is 2.55. The molecule has 3 heterocycles. The van der Waals surface area contributed by atoms with Crippen LogP contribution in [0.1, 0.15) is 37.5 Å². The summed E-state index contributed by atoms with van der Waals surface area (Å²) >= 11 is 1.63. The van der Waals surface area contributed by atoms with Crippen molar-refractivity contribution in [2.24, 2.45) is 0 Å². The molecule has 0 bridgehead atoms. The maximum Gasteiger partial charge on any atom is 0.262 e. The van der Waals surface area contributed by atoms with Crippen molar-refractivity contribution in [2.75, 3.05) is 6.54 Å². The van der Waals surface area contributed by atoms with Crippen LogP contribution in [0.3, 0.4) is 0 Å². The number of hydrogen-bond acceptors (Lipinski definition) is 4. The van der Waals surface area contributed by atoms with Crippen LogP contribution in [0.15, 0.2) is 17.2 Å². The molecule has 1 aliphatic rings. The van der Waals surface area contributed by atoms with Crippen molar-refractivity contribution in [3.8, 4) is 0 Å². The highest BCUT2D eigenvalue weighted by atomic mass is 32.1. The lowest BCUT2D eigenvalue weighted by Gasteiger charge is -2.23. The zero-order valence-corrected chi connectivity index (χ0v) is 12.7. The van der Waals surface area contributed by atoms with Crippen LogP contribution in [0.2, 0.25) is 0 Å². The Morgan fingerprint density at radius 1 is 1.50 bits per heavy atom. The molecular weight excluding hydrogens is 270 g/mol. The molecule has 20 heavy (non-hydrogen) atoms. The molecule has 4 nitrogen and oxygen atoms in total. The van der Waals surface area contributed by atoms with E-state index < -0.39 is 0 Å². The molecule has 1 atom stereocenters. The molecule has 1 N–H and O–H groups in total. The maximum atomic E-state index is 12.4. The second-order valence-electron chi connectivity index (χ2n) is 5.46. The van der Waals surface area contributed by atoms with Crippen molar-refractivity contribution in [1.82, 2.24) is 14.9 Å². The minimum atomic E-state index is 0.113. The van der Waals surface area contributed by atoms with Gasteiger partial charge < -0.3 is 5.32 Å². The first kappa shape index (κ1) is 13.8. The Hall–Kier alpha value is -1.20. The van der Waals surface area contributed by atoms with Crippen molar-refractivity contribution in [3.05, 3.63) is 27.6 Å². The number of thiophene rings is 1. The van der Waals surface area contributed by atoms with Gasteiger partial charge in [-0.05, 0) is 38.3 Å². The van der Waals surface area contributed by atoms with Gasteiger partial charge in [0.15, 0.2) is 0 Å². The number of hydrogen-bond donors (Lipinski definition) is 1. The molecule has 1 unspecified atom stereocenters. The van der Waals surface area contributed by atoms with E-state index in [1.807, 2.05) is 6.07 Å². The molecular formula is C15H21N3OS. The first-order valence-corrected chi connectivity index (χ1v) is 8.31. The third-order valence-electron chi connectivity index (χ3n) is 4.05. The average Bonchev–Trinajstić information content (AvgIpc) is 2.92. The van der Waals surface area contributed by atoms with Crippen LogP contribution in [-0.4, -0.2) is 22.1 Å². The van der Waals surface area contributed by atoms with E-state index in [-0.39, 0.29) is 5.56 Å². The summed E-state index contributed by atoms with van der Waals surface area (Å²) in [6, 6.07) is 2.56. The summed E-state index contributed by atoms with van der Waals surface area (Å²) in [7, 11) is 0. The van der Waals surface area contributed by atoms with Crippen LogP contribution in [0, 0.1) is 0 Å². The van der Waals surface area contributed by atoms with Crippen LogP contribution in [0.4, 0.5) is 0 Å². The van der Waals surface area contributed by atoms with E-state index in [9.17, 15) is 4.79 Å². The lowest BCUT2D eigenvalue weighted by molar-refractivity contribution is 0.364. The molecule has 0 saturated carbocycles. The van der Waals surface area contributed by atoms with Gasteiger partial charge in [0, 0.05) is 17.5 Å². The standard InChI is InChI=1S/C15H21N3OS/c1-2-12-9-13-14(20-12)17-10-18(15(13)19)8-6-11-5-3-4-7-16-11/h9-11,16H,2-8H2,1H3. The second kappa shape index (κ2) is 6.06. The van der Waals surface area contributed by atoms with E-state index in [4.69, 9.17) is 0 Å². The molecule has 108 valence electrons. The number of piperidine rings is 1. The molecule has 0 aliphatic carbocycles. The molecule has 0 radical (unpaired) electrons. The fraction of sp³-hybridized carbons (Fsp3) is 0.600. The number of aromatic nitrogens is 2. The van der Waals surface area contributed by atoms with Crippen LogP contribution in [0.5, 0.6) is 0 Å². The number of nitrogens with one attached hydrogen (secondary N) is 1. The maximum absolute atomic E-state index is 12.4. The first-order valence-electron chi connectivity index (χ1n) is 7.49. The SMILES string of the molecule is CCc1cc2c(=O)n(CCC3CCCCN3)cnc2s1. The molecule has 5 heteroatoms. The summed E-state index contributed by atoms with van der Waals surface area (Å²) in [6.07, 6.45) is 7.49. The highest BCUT2D eigenvalue weighted by Gasteiger charge is 2.13. The summed E-state index contributed by atoms with van der Waals surface area (Å²) in [5.41, 5.74) is 0.113. The quantitative estimate of drug-likeness (QED) is 0.941. The van der Waals surface area contributed by atoms with Gasteiger partial charge in [-0.3, -0.25) is 9.36 Å². The Morgan fingerprint density at radius 3 is 3.15 bits per heavy atom. The summed E-state index contributed by atoms with van der Waals surface area (Å²) in [5, 5.41) is 4.31. The average molecular weight is 291 g/mol. The molecule has 0 spiro atoms. The minimum absolute atomic E-state index is 0.113. The fourth-order valence-corrected chi connectivity index (χ4v) is 3.73. The van der Waals surface area contributed by atoms with Gasteiger partial charge in [-0.15, -0.1) is 11.3 Å². The van der Waals surface area contributed by atoms with E-state index in [0.717, 1.165) is 36.1 Å². The predicted molar refractivity (Wildman–Crippen MR) is 83.5 cm³/mol. The summed E-state index contributed by atoms with van der Waals surface area (Å²) in [4.78, 5) is 19.0. The summed E-state index contributed by atoms with van der Waals surface area (Å²) in [5.74, 6) is 0. The largest absolute Gasteiger partial charge is 0.314 e. The third-order valence-corrected chi connectivity index (χ3v) is 5.24. The number of aryl methyl sites for hydroxylation is 2. The van der Waals surface area contributed by atoms with Crippen molar-refractivity contribution in [3.63, 3.8) is 0 Å². The lowest BCUT2D eigenvalue weighted by Crippen LogP contribution is -2.35. The zero-order valence-electron chi connectivity index (χ0n) is 11.9. The fourth-order valence-electron chi connectivity index (χ4n) is 2.81. The summed E-state index contributed by atoms with van der Waals surface area (Å²) < 4.78 is 1.77. The van der Waals surface area contributed by atoms with Gasteiger partial charge in [0.1, 0.15) is 4.83 Å². The minimum Gasteiger partial charge on any atom is -0.314 e. The highest BCUT2D eigenvalue weighted by molar-refractivity contribution is 7.18. The molecule has 0 amide bonds. The lowest BCUT2D eigenvalue weighted by atomic mass is 10.0. The van der Waals surface area contributed by atoms with Crippen molar-refractivity contribution < 1.29 is 0 Å². The van der Waals surface area contributed by atoms with Gasteiger partial charge in [0.25, 0.3) is 5.56 Å². The van der Waals surface area contributed by atoms with Crippen LogP contribution in [0.25, 0.3) is 10.2 Å². The molecule has 1 saturated heterocycles. The van der Waals surface area contributed by atoms with Gasteiger partial charge >= 0.3 is 0 Å². The van der Waals surface area contributed by atoms with Crippen molar-refractivity contribution >= 4 is 21.6 Å². The molecule has 3 rings (SSSR count). The van der Waals surface area contributed by atoms with Gasteiger partial charge in [-0.2, -0.15) is 0 Å². The van der Waals surface area contributed by atoms with Gasteiger partial charge in [0.05, 0.1) is 11.7 Å². The van der Waals surface area contributed by atoms with Crippen LogP contribution in [-0.2, 0) is 13.0 Å². The van der Waals surface area contributed by atoms with Crippen molar-refractivity contribution in [2.45, 2.75) is 51.6 Å². The Morgan fingerprint density at radius 2 is 2.40 bits per heavy atom. The number of rotatable bonds is 4. The number of fused-ring (bicyclic) bond motifs is 1. The van der Waals surface area contributed by atoms with Gasteiger partial charge in [0.2, 0.25) is 0 Å². The monoisotopic (exact) mass is 291 g/mol. The van der Waals surface area contributed by atoms with E-state index in [2.05, 4.69) is 17.2 Å². The van der Waals surface area contributed by atoms with E-state index >= 15 is 0 Å². The smallest absolute Gasteiger partial charge is 0.262 e. The zero-order chi connectivity index (χ0) is 13.9. The molecule has 0 aromatic carbocycles. The summed E-state index contributed by atoms with van der Waals surface area (Å²) in [6.45, 7) is 3.98. The Balaban J connectivity index is 1.77. The van der Waals surface area contributed by atoms with Crippen LogP contribution >= 0.6 is 11.3 Å². The Labute approximate surface area is 122 Å². The van der Waals surface area contributed by atoms with Crippen molar-refractivity contribution in [1.29, 1.82) is 0 Å². The van der Waals surface area contributed by atoms with E-state index in [1.54, 1.807) is 22.2 Å². The topological polar surface area (TPSA) is 46.9 Å². The molecule has 2 aromatic rings. The Bertz CT molecular complexity index is 640. The van der Waals surface area contributed by atoms with E-state index in [1.165, 1.54) is 24.1 Å². The van der Waals surface area contributed by atoms with Crippen LogP contribution < -0.4 is 10.9 Å². The van der Waals surface area contributed by atoms with Gasteiger partial charge in [-0.25, -0.2) is 4.98 Å². The Kier molecular flexibility index (Phi) is 4.17. The highest BCUT2D eigenvalue weighted by Crippen LogP contribution is 2.21.